The molecule has 0 spiro atoms. The molecule has 0 amide bonds. The number of esters is 1. The smallest absolute Gasteiger partial charge is 0.323 e. The third kappa shape index (κ3) is 2.77. The van der Waals surface area contributed by atoms with Gasteiger partial charge >= 0.3 is 5.97 Å². The summed E-state index contributed by atoms with van der Waals surface area (Å²) >= 11 is 0. The second-order valence-electron chi connectivity index (χ2n) is 4.45. The summed E-state index contributed by atoms with van der Waals surface area (Å²) in [6.45, 7) is 3.81. The molecule has 0 fully saturated rings. The number of benzene rings is 1. The lowest BCUT2D eigenvalue weighted by atomic mass is 9.78. The van der Waals surface area contributed by atoms with Crippen molar-refractivity contribution in [3.05, 3.63) is 29.8 Å². The molecule has 0 aliphatic carbocycles. The maximum Gasteiger partial charge on any atom is 0.323 e. The summed E-state index contributed by atoms with van der Waals surface area (Å²) in [5.41, 5.74) is 6.34. The molecular weight excluding hydrogens is 218 g/mol. The third-order valence-electron chi connectivity index (χ3n) is 3.05. The summed E-state index contributed by atoms with van der Waals surface area (Å²) in [6.07, 6.45) is 0. The number of carbonyl (C=O) groups excluding carboxylic acids is 1. The molecule has 2 N–H and O–H groups in total. The van der Waals surface area contributed by atoms with Gasteiger partial charge in [-0.15, -0.1) is 0 Å². The first kappa shape index (κ1) is 13.5. The van der Waals surface area contributed by atoms with Crippen LogP contribution in [0, 0.1) is 0 Å². The van der Waals surface area contributed by atoms with Gasteiger partial charge in [0.15, 0.2) is 0 Å². The summed E-state index contributed by atoms with van der Waals surface area (Å²) in [5.74, 6) is 0.325. The van der Waals surface area contributed by atoms with Crippen LogP contribution in [0.1, 0.15) is 19.4 Å². The Morgan fingerprint density at radius 3 is 2.53 bits per heavy atom. The van der Waals surface area contributed by atoms with E-state index in [2.05, 4.69) is 4.74 Å². The van der Waals surface area contributed by atoms with E-state index in [-0.39, 0.29) is 0 Å². The second kappa shape index (κ2) is 5.19. The van der Waals surface area contributed by atoms with Crippen LogP contribution in [0.2, 0.25) is 0 Å². The molecule has 4 heteroatoms. The lowest BCUT2D eigenvalue weighted by Crippen LogP contribution is -2.47. The van der Waals surface area contributed by atoms with Crippen LogP contribution in [0.3, 0.4) is 0 Å². The van der Waals surface area contributed by atoms with Crippen LogP contribution in [0.5, 0.6) is 5.75 Å². The highest BCUT2D eigenvalue weighted by Crippen LogP contribution is 2.29. The Hall–Kier alpha value is -1.55. The zero-order valence-corrected chi connectivity index (χ0v) is 10.7. The Labute approximate surface area is 102 Å². The Bertz CT molecular complexity index is 401. The van der Waals surface area contributed by atoms with Gasteiger partial charge in [0.05, 0.1) is 14.2 Å². The van der Waals surface area contributed by atoms with E-state index in [1.54, 1.807) is 7.11 Å². The Morgan fingerprint density at radius 2 is 2.00 bits per heavy atom. The molecule has 0 heterocycles. The molecule has 1 aromatic carbocycles. The predicted molar refractivity (Wildman–Crippen MR) is 66.0 cm³/mol. The number of nitrogens with two attached hydrogens (primary N) is 1. The van der Waals surface area contributed by atoms with E-state index in [9.17, 15) is 4.79 Å². The fraction of sp³-hybridized carbons (Fsp3) is 0.462. The van der Waals surface area contributed by atoms with Crippen molar-refractivity contribution < 1.29 is 14.3 Å². The van der Waals surface area contributed by atoms with Crippen molar-refractivity contribution in [3.8, 4) is 5.75 Å². The standard InChI is InChI=1S/C13H19NO3/c1-13(2,11(14)12(15)17-4)9-6-5-7-10(8-9)16-3/h5-8,11H,14H2,1-4H3. The van der Waals surface area contributed by atoms with Crippen molar-refractivity contribution in [1.82, 2.24) is 0 Å². The third-order valence-corrected chi connectivity index (χ3v) is 3.05. The molecule has 0 saturated heterocycles. The van der Waals surface area contributed by atoms with Gasteiger partial charge in [0.1, 0.15) is 11.8 Å². The van der Waals surface area contributed by atoms with E-state index >= 15 is 0 Å². The second-order valence-corrected chi connectivity index (χ2v) is 4.45. The van der Waals surface area contributed by atoms with Gasteiger partial charge in [0, 0.05) is 5.41 Å². The highest BCUT2D eigenvalue weighted by Gasteiger charge is 2.34. The Kier molecular flexibility index (Phi) is 4.12. The number of carbonyl (C=O) groups is 1. The van der Waals surface area contributed by atoms with Crippen LogP contribution in [-0.4, -0.2) is 26.2 Å². The molecule has 0 aromatic heterocycles. The molecule has 1 atom stereocenters. The number of hydrogen-bond acceptors (Lipinski definition) is 4. The largest absolute Gasteiger partial charge is 0.497 e. The molecule has 1 unspecified atom stereocenters. The summed E-state index contributed by atoms with van der Waals surface area (Å²) in [6, 6.07) is 6.82. The van der Waals surface area contributed by atoms with Gasteiger partial charge in [-0.1, -0.05) is 26.0 Å². The van der Waals surface area contributed by atoms with Crippen molar-refractivity contribution >= 4 is 5.97 Å². The molecule has 0 bridgehead atoms. The van der Waals surface area contributed by atoms with Crippen molar-refractivity contribution in [3.63, 3.8) is 0 Å². The molecule has 0 saturated carbocycles. The summed E-state index contributed by atoms with van der Waals surface area (Å²) < 4.78 is 9.84. The minimum atomic E-state index is -0.709. The molecule has 0 aliphatic rings. The summed E-state index contributed by atoms with van der Waals surface area (Å²) in [4.78, 5) is 11.5. The molecule has 1 aromatic rings. The van der Waals surface area contributed by atoms with E-state index < -0.39 is 17.4 Å². The van der Waals surface area contributed by atoms with Gasteiger partial charge in [-0.2, -0.15) is 0 Å². The average Bonchev–Trinajstić information content (AvgIpc) is 2.36. The molecule has 17 heavy (non-hydrogen) atoms. The van der Waals surface area contributed by atoms with Gasteiger partial charge in [0.25, 0.3) is 0 Å². The summed E-state index contributed by atoms with van der Waals surface area (Å²) in [5, 5.41) is 0. The first-order chi connectivity index (χ1) is 7.93. The minimum absolute atomic E-state index is 0.419. The van der Waals surface area contributed by atoms with Crippen molar-refractivity contribution in [2.24, 2.45) is 5.73 Å². The maximum atomic E-state index is 11.5. The molecule has 0 aliphatic heterocycles. The van der Waals surface area contributed by atoms with Gasteiger partial charge in [-0.25, -0.2) is 0 Å². The van der Waals surface area contributed by atoms with Gasteiger partial charge < -0.3 is 15.2 Å². The molecule has 0 radical (unpaired) electrons. The van der Waals surface area contributed by atoms with Crippen LogP contribution >= 0.6 is 0 Å². The lowest BCUT2D eigenvalue weighted by Gasteiger charge is -2.30. The number of hydrogen-bond donors (Lipinski definition) is 1. The predicted octanol–water partition coefficient (Wildman–Crippen LogP) is 1.47. The van der Waals surface area contributed by atoms with Gasteiger partial charge in [-0.3, -0.25) is 4.79 Å². The maximum absolute atomic E-state index is 11.5. The number of ether oxygens (including phenoxy) is 2. The molecule has 1 rings (SSSR count). The highest BCUT2D eigenvalue weighted by molar-refractivity contribution is 5.77. The van der Waals surface area contributed by atoms with E-state index in [0.29, 0.717) is 0 Å². The highest BCUT2D eigenvalue weighted by atomic mass is 16.5. The van der Waals surface area contributed by atoms with Crippen LogP contribution < -0.4 is 10.5 Å². The zero-order chi connectivity index (χ0) is 13.1. The van der Waals surface area contributed by atoms with E-state index in [1.807, 2.05) is 38.1 Å². The van der Waals surface area contributed by atoms with E-state index in [1.165, 1.54) is 7.11 Å². The van der Waals surface area contributed by atoms with E-state index in [4.69, 9.17) is 10.5 Å². The Morgan fingerprint density at radius 1 is 1.35 bits per heavy atom. The molecule has 94 valence electrons. The monoisotopic (exact) mass is 237 g/mol. The number of methoxy groups -OCH3 is 2. The Balaban J connectivity index is 3.06. The van der Waals surface area contributed by atoms with Crippen molar-refractivity contribution in [1.29, 1.82) is 0 Å². The SMILES string of the molecule is COC(=O)C(N)C(C)(C)c1cccc(OC)c1. The first-order valence-electron chi connectivity index (χ1n) is 5.41. The molecule has 4 nitrogen and oxygen atoms in total. The van der Waals surface area contributed by atoms with Crippen LogP contribution in [0.15, 0.2) is 24.3 Å². The lowest BCUT2D eigenvalue weighted by molar-refractivity contribution is -0.143. The quantitative estimate of drug-likeness (QED) is 0.806. The topological polar surface area (TPSA) is 61.5 Å². The fourth-order valence-electron chi connectivity index (χ4n) is 1.63. The summed E-state index contributed by atoms with van der Waals surface area (Å²) in [7, 11) is 2.94. The molecular formula is C13H19NO3. The van der Waals surface area contributed by atoms with Crippen LogP contribution in [-0.2, 0) is 14.9 Å². The van der Waals surface area contributed by atoms with Gasteiger partial charge in [-0.05, 0) is 17.7 Å². The minimum Gasteiger partial charge on any atom is -0.497 e. The fourth-order valence-corrected chi connectivity index (χ4v) is 1.63. The first-order valence-corrected chi connectivity index (χ1v) is 5.41. The van der Waals surface area contributed by atoms with E-state index in [0.717, 1.165) is 11.3 Å². The van der Waals surface area contributed by atoms with Crippen LogP contribution in [0.4, 0.5) is 0 Å². The van der Waals surface area contributed by atoms with Crippen molar-refractivity contribution in [2.75, 3.05) is 14.2 Å². The van der Waals surface area contributed by atoms with Gasteiger partial charge in [0.2, 0.25) is 0 Å². The van der Waals surface area contributed by atoms with Crippen LogP contribution in [0.25, 0.3) is 0 Å². The normalized spacial score (nSPS) is 13.0. The average molecular weight is 237 g/mol. The zero-order valence-electron chi connectivity index (χ0n) is 10.7. The van der Waals surface area contributed by atoms with Crippen molar-refractivity contribution in [2.45, 2.75) is 25.3 Å². The number of rotatable bonds is 4.